The number of aromatic nitrogens is 1. The molecule has 178 valence electrons. The van der Waals surface area contributed by atoms with Crippen molar-refractivity contribution in [1.82, 2.24) is 4.98 Å². The minimum Gasteiger partial charge on any atom is -0.508 e. The van der Waals surface area contributed by atoms with Gasteiger partial charge in [0.05, 0.1) is 11.6 Å². The summed E-state index contributed by atoms with van der Waals surface area (Å²) in [4.78, 5) is 15.3. The van der Waals surface area contributed by atoms with Crippen LogP contribution in [0.1, 0.15) is 55.5 Å². The summed E-state index contributed by atoms with van der Waals surface area (Å²) in [5, 5.41) is 14.0. The third-order valence-corrected chi connectivity index (χ3v) is 6.67. The minimum atomic E-state index is -1.50. The first kappa shape index (κ1) is 23.0. The minimum absolute atomic E-state index is 0.150. The molecule has 6 heteroatoms. The van der Waals surface area contributed by atoms with E-state index in [0.717, 1.165) is 39.6 Å². The molecule has 0 saturated carbocycles. The Labute approximate surface area is 203 Å². The van der Waals surface area contributed by atoms with Crippen LogP contribution in [0, 0.1) is 4.91 Å². The van der Waals surface area contributed by atoms with E-state index >= 15 is 0 Å². The molecule has 5 nitrogen and oxygen atoms in total. The van der Waals surface area contributed by atoms with Crippen LogP contribution in [0.3, 0.4) is 0 Å². The van der Waals surface area contributed by atoms with Gasteiger partial charge in [0.25, 0.3) is 0 Å². The number of nitroso groups, excluding NO2 is 1. The van der Waals surface area contributed by atoms with Crippen molar-refractivity contribution in [1.29, 1.82) is 0 Å². The number of phenolic OH excluding ortho intramolecular Hbond substituents is 1. The van der Waals surface area contributed by atoms with Crippen LogP contribution in [0.15, 0.2) is 72.0 Å². The van der Waals surface area contributed by atoms with Crippen molar-refractivity contribution < 1.29 is 14.2 Å². The third kappa shape index (κ3) is 4.36. The van der Waals surface area contributed by atoms with E-state index < -0.39 is 11.8 Å². The van der Waals surface area contributed by atoms with Crippen molar-refractivity contribution >= 4 is 10.9 Å². The number of aromatic hydroxyl groups is 1. The molecule has 1 aliphatic heterocycles. The Kier molecular flexibility index (Phi) is 5.75. The normalized spacial score (nSPS) is 15.7. The number of alkyl halides is 1. The number of hydrogen-bond acceptors (Lipinski definition) is 5. The molecule has 5 rings (SSSR count). The van der Waals surface area contributed by atoms with Gasteiger partial charge in [-0.1, -0.05) is 41.6 Å². The lowest BCUT2D eigenvalue weighted by atomic mass is 9.86. The van der Waals surface area contributed by atoms with Gasteiger partial charge in [0.1, 0.15) is 17.2 Å². The van der Waals surface area contributed by atoms with Crippen molar-refractivity contribution in [2.24, 2.45) is 5.18 Å². The summed E-state index contributed by atoms with van der Waals surface area (Å²) in [5.74, 6) is 0.762. The van der Waals surface area contributed by atoms with Gasteiger partial charge in [0.15, 0.2) is 6.10 Å². The molecule has 3 aromatic carbocycles. The lowest BCUT2D eigenvalue weighted by Crippen LogP contribution is -2.18. The Bertz CT molecular complexity index is 1410. The van der Waals surface area contributed by atoms with E-state index in [-0.39, 0.29) is 11.8 Å². The molecule has 0 radical (unpaired) electrons. The summed E-state index contributed by atoms with van der Waals surface area (Å²) in [6, 6.07) is 18.5. The molecule has 0 aliphatic carbocycles. The molecular formula is C29H27FN2O3. The van der Waals surface area contributed by atoms with Crippen molar-refractivity contribution in [3.05, 3.63) is 94.0 Å². The fraction of sp³-hybridized carbons (Fsp3) is 0.276. The van der Waals surface area contributed by atoms with E-state index in [1.54, 1.807) is 30.5 Å². The molecule has 0 spiro atoms. The molecule has 2 unspecified atom stereocenters. The van der Waals surface area contributed by atoms with Gasteiger partial charge in [-0.25, -0.2) is 4.39 Å². The lowest BCUT2D eigenvalue weighted by Gasteiger charge is -2.31. The van der Waals surface area contributed by atoms with Crippen molar-refractivity contribution in [3.8, 4) is 22.6 Å². The summed E-state index contributed by atoms with van der Waals surface area (Å²) < 4.78 is 21.3. The van der Waals surface area contributed by atoms with E-state index in [2.05, 4.69) is 10.2 Å². The van der Waals surface area contributed by atoms with Gasteiger partial charge in [-0.3, -0.25) is 4.98 Å². The van der Waals surface area contributed by atoms with Gasteiger partial charge in [0.2, 0.25) is 0 Å². The second-order valence-corrected chi connectivity index (χ2v) is 9.70. The lowest BCUT2D eigenvalue weighted by molar-refractivity contribution is 0.216. The standard InChI is InChI=1S/C29H27FN2O3/c1-17(32-34)4-5-18-6-8-19(9-7-18)28-27-23-13-11-21(33)15-25(23)31-16-24(27)22-12-10-20(29(2,3)30)14-26(22)35-28/h6-17,28,33H,4-5H2,1-3H3. The average molecular weight is 471 g/mol. The Morgan fingerprint density at radius 3 is 2.57 bits per heavy atom. The number of pyridine rings is 1. The number of rotatable bonds is 6. The van der Waals surface area contributed by atoms with Crippen molar-refractivity contribution in [3.63, 3.8) is 0 Å². The Morgan fingerprint density at radius 2 is 1.86 bits per heavy atom. The molecule has 4 aromatic rings. The molecule has 0 bridgehead atoms. The second kappa shape index (κ2) is 8.77. The quantitative estimate of drug-likeness (QED) is 0.298. The fourth-order valence-corrected chi connectivity index (χ4v) is 4.62. The van der Waals surface area contributed by atoms with Gasteiger partial charge in [-0.2, -0.15) is 4.91 Å². The first-order chi connectivity index (χ1) is 16.7. The van der Waals surface area contributed by atoms with Crippen LogP contribution < -0.4 is 4.74 Å². The number of aryl methyl sites for hydroxylation is 1. The van der Waals surface area contributed by atoms with Crippen LogP contribution in [-0.2, 0) is 12.1 Å². The molecule has 0 amide bonds. The first-order valence-electron chi connectivity index (χ1n) is 11.8. The van der Waals surface area contributed by atoms with Crippen LogP contribution in [0.25, 0.3) is 22.0 Å². The average Bonchev–Trinajstić information content (AvgIpc) is 2.85. The summed E-state index contributed by atoms with van der Waals surface area (Å²) in [7, 11) is 0. The maximum absolute atomic E-state index is 14.7. The summed E-state index contributed by atoms with van der Waals surface area (Å²) in [6.07, 6.45) is 2.82. The van der Waals surface area contributed by atoms with Gasteiger partial charge in [-0.15, -0.1) is 0 Å². The Morgan fingerprint density at radius 1 is 1.09 bits per heavy atom. The van der Waals surface area contributed by atoms with Crippen LogP contribution in [0.2, 0.25) is 0 Å². The number of hydrogen-bond donors (Lipinski definition) is 1. The van der Waals surface area contributed by atoms with Crippen LogP contribution in [-0.4, -0.2) is 16.1 Å². The van der Waals surface area contributed by atoms with E-state index in [0.29, 0.717) is 23.3 Å². The number of nitrogens with zero attached hydrogens (tertiary/aromatic N) is 2. The van der Waals surface area contributed by atoms with Gasteiger partial charge in [0, 0.05) is 34.3 Å². The zero-order chi connectivity index (χ0) is 24.7. The van der Waals surface area contributed by atoms with E-state index in [4.69, 9.17) is 4.74 Å². The topological polar surface area (TPSA) is 71.8 Å². The SMILES string of the molecule is CC(CCc1ccc(C2Oc3cc(C(C)(C)F)ccc3-c3cnc4cc(O)ccc4c32)cc1)N=O. The number of halogens is 1. The van der Waals surface area contributed by atoms with Gasteiger partial charge >= 0.3 is 0 Å². The summed E-state index contributed by atoms with van der Waals surface area (Å²) in [6.45, 7) is 4.88. The van der Waals surface area contributed by atoms with Crippen LogP contribution in [0.4, 0.5) is 4.39 Å². The molecule has 35 heavy (non-hydrogen) atoms. The Hall–Kier alpha value is -3.80. The van der Waals surface area contributed by atoms with Gasteiger partial charge < -0.3 is 9.84 Å². The fourth-order valence-electron chi connectivity index (χ4n) is 4.62. The highest BCUT2D eigenvalue weighted by molar-refractivity contribution is 5.92. The highest BCUT2D eigenvalue weighted by Crippen LogP contribution is 2.48. The van der Waals surface area contributed by atoms with E-state index in [1.165, 1.54) is 13.8 Å². The van der Waals surface area contributed by atoms with E-state index in [9.17, 15) is 14.4 Å². The highest BCUT2D eigenvalue weighted by atomic mass is 19.1. The maximum atomic E-state index is 14.7. The molecule has 2 heterocycles. The van der Waals surface area contributed by atoms with Crippen molar-refractivity contribution in [2.75, 3.05) is 0 Å². The number of ether oxygens (including phenoxy) is 1. The largest absolute Gasteiger partial charge is 0.508 e. The first-order valence-corrected chi connectivity index (χ1v) is 11.8. The number of phenols is 1. The summed E-state index contributed by atoms with van der Waals surface area (Å²) >= 11 is 0. The Balaban J connectivity index is 1.63. The predicted molar refractivity (Wildman–Crippen MR) is 135 cm³/mol. The molecule has 1 aliphatic rings. The zero-order valence-corrected chi connectivity index (χ0v) is 20.0. The predicted octanol–water partition coefficient (Wildman–Crippen LogP) is 7.38. The smallest absolute Gasteiger partial charge is 0.150 e. The maximum Gasteiger partial charge on any atom is 0.150 e. The molecular weight excluding hydrogens is 443 g/mol. The molecule has 1 aromatic heterocycles. The summed E-state index contributed by atoms with van der Waals surface area (Å²) in [5.41, 5.74) is 4.54. The van der Waals surface area contributed by atoms with E-state index in [1.807, 2.05) is 43.3 Å². The van der Waals surface area contributed by atoms with Crippen molar-refractivity contribution in [2.45, 2.75) is 51.4 Å². The second-order valence-electron chi connectivity index (χ2n) is 9.70. The van der Waals surface area contributed by atoms with Gasteiger partial charge in [-0.05, 0) is 68.5 Å². The van der Waals surface area contributed by atoms with Crippen LogP contribution >= 0.6 is 0 Å². The van der Waals surface area contributed by atoms with Crippen LogP contribution in [0.5, 0.6) is 11.5 Å². The third-order valence-electron chi connectivity index (χ3n) is 6.67. The molecule has 0 fully saturated rings. The monoisotopic (exact) mass is 470 g/mol. The molecule has 0 saturated heterocycles. The number of fused-ring (bicyclic) bond motifs is 5. The zero-order valence-electron chi connectivity index (χ0n) is 20.0. The molecule has 1 N–H and O–H groups in total. The molecule has 2 atom stereocenters. The number of benzene rings is 3. The highest BCUT2D eigenvalue weighted by Gasteiger charge is 2.31.